The summed E-state index contributed by atoms with van der Waals surface area (Å²) in [7, 11) is 0. The van der Waals surface area contributed by atoms with Crippen LogP contribution in [0.15, 0.2) is 121 Å². The summed E-state index contributed by atoms with van der Waals surface area (Å²) in [4.78, 5) is 26.1. The molecule has 0 spiro atoms. The van der Waals surface area contributed by atoms with Crippen LogP contribution in [0.2, 0.25) is 0 Å². The Morgan fingerprint density at radius 2 is 1.12 bits per heavy atom. The van der Waals surface area contributed by atoms with Gasteiger partial charge in [-0.3, -0.25) is 0 Å². The van der Waals surface area contributed by atoms with E-state index in [4.69, 9.17) is 14.2 Å². The highest BCUT2D eigenvalue weighted by molar-refractivity contribution is 5.89. The van der Waals surface area contributed by atoms with Crippen LogP contribution in [-0.2, 0) is 27.1 Å². The van der Waals surface area contributed by atoms with Gasteiger partial charge in [0, 0.05) is 5.41 Å². The molecule has 0 aliphatic carbocycles. The van der Waals surface area contributed by atoms with E-state index >= 15 is 0 Å². The third-order valence-corrected chi connectivity index (χ3v) is 7.76. The van der Waals surface area contributed by atoms with E-state index in [9.17, 15) is 9.59 Å². The van der Waals surface area contributed by atoms with E-state index < -0.39 is 23.6 Å². The van der Waals surface area contributed by atoms with Crippen molar-refractivity contribution in [2.75, 3.05) is 13.2 Å². The Balaban J connectivity index is 1.62. The SMILES string of the molecule is CCCCC(Cc1ccccc1)(Cc1ccccc1)C(COC(C)COC(=O)c1ccccc1)OC(=O)c1ccccc1. The molecule has 4 rings (SSSR count). The first-order valence-corrected chi connectivity index (χ1v) is 15.2. The van der Waals surface area contributed by atoms with Crippen molar-refractivity contribution in [2.24, 2.45) is 5.41 Å². The summed E-state index contributed by atoms with van der Waals surface area (Å²) >= 11 is 0. The fourth-order valence-corrected chi connectivity index (χ4v) is 5.42. The molecule has 0 saturated heterocycles. The van der Waals surface area contributed by atoms with E-state index in [1.54, 1.807) is 36.4 Å². The Morgan fingerprint density at radius 3 is 1.60 bits per heavy atom. The van der Waals surface area contributed by atoms with Crippen LogP contribution in [0.5, 0.6) is 0 Å². The summed E-state index contributed by atoms with van der Waals surface area (Å²) in [5.41, 5.74) is 2.92. The summed E-state index contributed by atoms with van der Waals surface area (Å²) in [6.45, 7) is 4.31. The Bertz CT molecular complexity index is 1330. The highest BCUT2D eigenvalue weighted by Crippen LogP contribution is 2.39. The maximum absolute atomic E-state index is 13.5. The van der Waals surface area contributed by atoms with Crippen LogP contribution < -0.4 is 0 Å². The smallest absolute Gasteiger partial charge is 0.338 e. The number of unbranched alkanes of at least 4 members (excludes halogenated alkanes) is 1. The molecule has 2 unspecified atom stereocenters. The predicted molar refractivity (Wildman–Crippen MR) is 170 cm³/mol. The van der Waals surface area contributed by atoms with Crippen LogP contribution in [0.1, 0.15) is 65.0 Å². The zero-order valence-corrected chi connectivity index (χ0v) is 25.2. The summed E-state index contributed by atoms with van der Waals surface area (Å²) in [6.07, 6.45) is 3.32. The number of hydrogen-bond acceptors (Lipinski definition) is 5. The zero-order valence-electron chi connectivity index (χ0n) is 25.2. The van der Waals surface area contributed by atoms with Crippen molar-refractivity contribution in [1.82, 2.24) is 0 Å². The standard InChI is InChI=1S/C38H42O5/c1-3-4-25-38(26-31-17-9-5-10-18-31,27-32-19-11-6-12-20-32)35(43-37(40)34-23-15-8-16-24-34)29-41-30(2)28-42-36(39)33-21-13-7-14-22-33/h5-24,30,35H,3-4,25-29H2,1-2H3. The Labute approximate surface area is 255 Å². The maximum atomic E-state index is 13.5. The lowest BCUT2D eigenvalue weighted by Gasteiger charge is -2.41. The second-order valence-corrected chi connectivity index (χ2v) is 11.2. The summed E-state index contributed by atoms with van der Waals surface area (Å²) in [5.74, 6) is -0.770. The molecule has 4 aromatic carbocycles. The van der Waals surface area contributed by atoms with Crippen molar-refractivity contribution < 1.29 is 23.8 Å². The molecule has 0 saturated carbocycles. The average Bonchev–Trinajstić information content (AvgIpc) is 3.06. The molecule has 0 aliphatic rings. The second kappa shape index (κ2) is 16.4. The van der Waals surface area contributed by atoms with Gasteiger partial charge < -0.3 is 14.2 Å². The number of ether oxygens (including phenoxy) is 3. The number of hydrogen-bond donors (Lipinski definition) is 0. The van der Waals surface area contributed by atoms with Crippen LogP contribution in [0, 0.1) is 5.41 Å². The van der Waals surface area contributed by atoms with E-state index in [2.05, 4.69) is 31.2 Å². The third kappa shape index (κ3) is 9.65. The van der Waals surface area contributed by atoms with Gasteiger partial charge in [-0.05, 0) is 61.6 Å². The lowest BCUT2D eigenvalue weighted by molar-refractivity contribution is -0.0877. The lowest BCUT2D eigenvalue weighted by Crippen LogP contribution is -2.46. The van der Waals surface area contributed by atoms with Gasteiger partial charge in [0.25, 0.3) is 0 Å². The number of carbonyl (C=O) groups excluding carboxylic acids is 2. The van der Waals surface area contributed by atoms with E-state index in [0.717, 1.165) is 32.1 Å². The predicted octanol–water partition coefficient (Wildman–Crippen LogP) is 8.14. The van der Waals surface area contributed by atoms with Crippen LogP contribution >= 0.6 is 0 Å². The summed E-state index contributed by atoms with van der Waals surface area (Å²) in [5, 5.41) is 0. The first kappa shape index (κ1) is 31.7. The summed E-state index contributed by atoms with van der Waals surface area (Å²) in [6, 6.07) is 38.8. The molecule has 4 aromatic rings. The van der Waals surface area contributed by atoms with E-state index in [0.29, 0.717) is 11.1 Å². The fourth-order valence-electron chi connectivity index (χ4n) is 5.42. The van der Waals surface area contributed by atoms with Crippen LogP contribution in [0.3, 0.4) is 0 Å². The molecule has 5 heteroatoms. The minimum atomic E-state index is -0.556. The lowest BCUT2D eigenvalue weighted by atomic mass is 9.69. The van der Waals surface area contributed by atoms with Crippen molar-refractivity contribution in [1.29, 1.82) is 0 Å². The Morgan fingerprint density at radius 1 is 0.651 bits per heavy atom. The van der Waals surface area contributed by atoms with Crippen molar-refractivity contribution in [3.8, 4) is 0 Å². The Hall–Kier alpha value is -4.22. The quantitative estimate of drug-likeness (QED) is 0.126. The first-order chi connectivity index (χ1) is 21.0. The van der Waals surface area contributed by atoms with Crippen molar-refractivity contribution >= 4 is 11.9 Å². The van der Waals surface area contributed by atoms with Gasteiger partial charge in [0.1, 0.15) is 12.7 Å². The molecule has 0 N–H and O–H groups in total. The van der Waals surface area contributed by atoms with E-state index in [1.165, 1.54) is 11.1 Å². The van der Waals surface area contributed by atoms with Gasteiger partial charge in [0.15, 0.2) is 0 Å². The van der Waals surface area contributed by atoms with Gasteiger partial charge in [-0.15, -0.1) is 0 Å². The number of benzene rings is 4. The molecule has 2 atom stereocenters. The second-order valence-electron chi connectivity index (χ2n) is 11.2. The van der Waals surface area contributed by atoms with Crippen molar-refractivity contribution in [3.63, 3.8) is 0 Å². The minimum Gasteiger partial charge on any atom is -0.459 e. The molecule has 0 radical (unpaired) electrons. The highest BCUT2D eigenvalue weighted by atomic mass is 16.6. The van der Waals surface area contributed by atoms with Crippen molar-refractivity contribution in [3.05, 3.63) is 144 Å². The monoisotopic (exact) mass is 578 g/mol. The van der Waals surface area contributed by atoms with E-state index in [1.807, 2.05) is 67.6 Å². The number of carbonyl (C=O) groups is 2. The number of esters is 2. The van der Waals surface area contributed by atoms with Gasteiger partial charge in [0.05, 0.1) is 23.8 Å². The molecular formula is C38H42O5. The third-order valence-electron chi connectivity index (χ3n) is 7.76. The molecule has 0 bridgehead atoms. The number of rotatable bonds is 16. The normalized spacial score (nSPS) is 12.7. The highest BCUT2D eigenvalue weighted by Gasteiger charge is 2.42. The molecule has 224 valence electrons. The van der Waals surface area contributed by atoms with Gasteiger partial charge in [0.2, 0.25) is 0 Å². The molecule has 0 fully saturated rings. The van der Waals surface area contributed by atoms with Gasteiger partial charge in [-0.2, -0.15) is 0 Å². The van der Waals surface area contributed by atoms with Gasteiger partial charge >= 0.3 is 11.9 Å². The van der Waals surface area contributed by atoms with Crippen LogP contribution in [-0.4, -0.2) is 37.4 Å². The van der Waals surface area contributed by atoms with Gasteiger partial charge in [-0.1, -0.05) is 117 Å². The minimum absolute atomic E-state index is 0.0897. The molecule has 43 heavy (non-hydrogen) atoms. The van der Waals surface area contributed by atoms with Crippen molar-refractivity contribution in [2.45, 2.75) is 58.2 Å². The topological polar surface area (TPSA) is 61.8 Å². The van der Waals surface area contributed by atoms with Gasteiger partial charge in [-0.25, -0.2) is 9.59 Å². The molecule has 0 amide bonds. The first-order valence-electron chi connectivity index (χ1n) is 15.2. The molecule has 0 aromatic heterocycles. The van der Waals surface area contributed by atoms with Crippen LogP contribution in [0.4, 0.5) is 0 Å². The molecule has 0 heterocycles. The van der Waals surface area contributed by atoms with Crippen LogP contribution in [0.25, 0.3) is 0 Å². The molecule has 5 nitrogen and oxygen atoms in total. The average molecular weight is 579 g/mol. The maximum Gasteiger partial charge on any atom is 0.338 e. The zero-order chi connectivity index (χ0) is 30.3. The fraction of sp³-hybridized carbons (Fsp3) is 0.316. The van der Waals surface area contributed by atoms with E-state index in [-0.39, 0.29) is 19.2 Å². The largest absolute Gasteiger partial charge is 0.459 e. The Kier molecular flexibility index (Phi) is 12.1. The molecular weight excluding hydrogens is 536 g/mol. The summed E-state index contributed by atoms with van der Waals surface area (Å²) < 4.78 is 18.3. The molecule has 0 aliphatic heterocycles.